The highest BCUT2D eigenvalue weighted by molar-refractivity contribution is 9.10. The molecule has 0 radical (unpaired) electrons. The van der Waals surface area contributed by atoms with Crippen LogP contribution >= 0.6 is 15.9 Å². The number of rotatable bonds is 2. The maximum absolute atomic E-state index is 9.34. The van der Waals surface area contributed by atoms with Crippen molar-refractivity contribution in [1.29, 1.82) is 0 Å². The molecular weight excluding hydrogens is 290 g/mol. The molecule has 3 heteroatoms. The fourth-order valence-electron chi connectivity index (χ4n) is 2.96. The van der Waals surface area contributed by atoms with Crippen LogP contribution in [0.25, 0.3) is 0 Å². The molecule has 1 aliphatic heterocycles. The fraction of sp³-hybridized carbons (Fsp3) is 0.600. The first-order chi connectivity index (χ1) is 8.44. The summed E-state index contributed by atoms with van der Waals surface area (Å²) in [6.45, 7) is 8.01. The highest BCUT2D eigenvalue weighted by atomic mass is 79.9. The maximum Gasteiger partial charge on any atom is 0.0460 e. The molecule has 0 spiro atoms. The van der Waals surface area contributed by atoms with Gasteiger partial charge in [-0.1, -0.05) is 15.9 Å². The van der Waals surface area contributed by atoms with Gasteiger partial charge in [0.2, 0.25) is 0 Å². The van der Waals surface area contributed by atoms with Gasteiger partial charge in [0.1, 0.15) is 0 Å². The molecule has 0 aromatic heterocycles. The molecule has 0 bridgehead atoms. The predicted molar refractivity (Wildman–Crippen MR) is 80.1 cm³/mol. The van der Waals surface area contributed by atoms with Crippen LogP contribution in [0.2, 0.25) is 0 Å². The van der Waals surface area contributed by atoms with Crippen molar-refractivity contribution in [3.05, 3.63) is 28.2 Å². The van der Waals surface area contributed by atoms with Crippen molar-refractivity contribution >= 4 is 21.6 Å². The first-order valence-corrected chi connectivity index (χ1v) is 7.38. The largest absolute Gasteiger partial charge is 0.396 e. The normalized spacial score (nSPS) is 23.2. The molecule has 1 saturated heterocycles. The number of hydrogen-bond donors (Lipinski definition) is 1. The zero-order valence-corrected chi connectivity index (χ0v) is 13.0. The molecule has 1 heterocycles. The number of halogens is 1. The molecule has 1 aromatic carbocycles. The fourth-order valence-corrected chi connectivity index (χ4v) is 3.21. The van der Waals surface area contributed by atoms with Crippen LogP contribution in [0.4, 0.5) is 5.69 Å². The van der Waals surface area contributed by atoms with E-state index in [0.717, 1.165) is 23.9 Å². The minimum absolute atomic E-state index is 0.117. The lowest BCUT2D eigenvalue weighted by molar-refractivity contribution is 0.166. The molecule has 1 fully saturated rings. The molecule has 1 unspecified atom stereocenters. The smallest absolute Gasteiger partial charge is 0.0460 e. The van der Waals surface area contributed by atoms with Crippen LogP contribution in [0.5, 0.6) is 0 Å². The maximum atomic E-state index is 9.34. The molecule has 2 rings (SSSR count). The van der Waals surface area contributed by atoms with E-state index in [-0.39, 0.29) is 5.54 Å². The summed E-state index contributed by atoms with van der Waals surface area (Å²) >= 11 is 3.55. The topological polar surface area (TPSA) is 23.5 Å². The number of aryl methyl sites for hydroxylation is 1. The Morgan fingerprint density at radius 1 is 1.44 bits per heavy atom. The molecule has 1 atom stereocenters. The van der Waals surface area contributed by atoms with Gasteiger partial charge in [-0.15, -0.1) is 0 Å². The van der Waals surface area contributed by atoms with E-state index in [4.69, 9.17) is 0 Å². The highest BCUT2D eigenvalue weighted by Gasteiger charge is 2.34. The van der Waals surface area contributed by atoms with Gasteiger partial charge in [-0.3, -0.25) is 0 Å². The molecule has 18 heavy (non-hydrogen) atoms. The number of aliphatic hydroxyl groups is 1. The summed E-state index contributed by atoms with van der Waals surface area (Å²) in [5, 5.41) is 9.34. The third-order valence-corrected chi connectivity index (χ3v) is 4.88. The second-order valence-electron chi connectivity index (χ2n) is 5.94. The molecular formula is C15H22BrNO. The van der Waals surface area contributed by atoms with Gasteiger partial charge in [-0.05, 0) is 63.3 Å². The minimum atomic E-state index is 0.117. The number of aliphatic hydroxyl groups excluding tert-OH is 1. The summed E-state index contributed by atoms with van der Waals surface area (Å²) < 4.78 is 1.16. The molecule has 1 aromatic rings. The minimum Gasteiger partial charge on any atom is -0.396 e. The number of piperidine rings is 1. The predicted octanol–water partition coefficient (Wildman–Crippen LogP) is 3.74. The first kappa shape index (κ1) is 13.9. The van der Waals surface area contributed by atoms with Crippen LogP contribution in [0.3, 0.4) is 0 Å². The summed E-state index contributed by atoms with van der Waals surface area (Å²) in [5.41, 5.74) is 2.68. The third kappa shape index (κ3) is 2.72. The van der Waals surface area contributed by atoms with Gasteiger partial charge >= 0.3 is 0 Å². The molecule has 2 nitrogen and oxygen atoms in total. The van der Waals surface area contributed by atoms with Crippen LogP contribution in [0.1, 0.15) is 32.3 Å². The first-order valence-electron chi connectivity index (χ1n) is 6.58. The van der Waals surface area contributed by atoms with Gasteiger partial charge in [0.25, 0.3) is 0 Å². The monoisotopic (exact) mass is 311 g/mol. The van der Waals surface area contributed by atoms with E-state index in [1.165, 1.54) is 11.3 Å². The Morgan fingerprint density at radius 2 is 2.17 bits per heavy atom. The van der Waals surface area contributed by atoms with E-state index in [1.54, 1.807) is 0 Å². The van der Waals surface area contributed by atoms with Crippen LogP contribution in [-0.4, -0.2) is 23.8 Å². The Hall–Kier alpha value is -0.540. The van der Waals surface area contributed by atoms with Gasteiger partial charge in [-0.25, -0.2) is 0 Å². The second-order valence-corrected chi connectivity index (χ2v) is 6.79. The lowest BCUT2D eigenvalue weighted by Crippen LogP contribution is -2.50. The van der Waals surface area contributed by atoms with E-state index < -0.39 is 0 Å². The van der Waals surface area contributed by atoms with Crippen LogP contribution in [-0.2, 0) is 0 Å². The van der Waals surface area contributed by atoms with E-state index >= 15 is 0 Å². The number of anilines is 1. The second kappa shape index (κ2) is 5.22. The Balaban J connectivity index is 2.25. The van der Waals surface area contributed by atoms with Gasteiger partial charge in [0.15, 0.2) is 0 Å². The molecule has 0 amide bonds. The third-order valence-electron chi connectivity index (χ3n) is 3.99. The summed E-state index contributed by atoms with van der Waals surface area (Å²) in [4.78, 5) is 2.47. The van der Waals surface area contributed by atoms with E-state index in [1.807, 2.05) is 0 Å². The number of nitrogens with zero attached hydrogens (tertiary/aromatic N) is 1. The molecule has 0 saturated carbocycles. The van der Waals surface area contributed by atoms with E-state index in [0.29, 0.717) is 12.5 Å². The summed E-state index contributed by atoms with van der Waals surface area (Å²) in [7, 11) is 0. The summed E-state index contributed by atoms with van der Waals surface area (Å²) in [6, 6.07) is 6.54. The lowest BCUT2D eigenvalue weighted by atomic mass is 9.82. The Kier molecular flexibility index (Phi) is 4.02. The SMILES string of the molecule is Cc1cc(N2CCC(CO)CC2(C)C)ccc1Br. The van der Waals surface area contributed by atoms with Crippen molar-refractivity contribution in [3.63, 3.8) is 0 Å². The van der Waals surface area contributed by atoms with Gasteiger partial charge in [0.05, 0.1) is 0 Å². The zero-order valence-electron chi connectivity index (χ0n) is 11.4. The Bertz CT molecular complexity index is 431. The standard InChI is InChI=1S/C15H22BrNO/c1-11-8-13(4-5-14(11)16)17-7-6-12(10-18)9-15(17,2)3/h4-5,8,12,18H,6-7,9-10H2,1-3H3. The molecule has 100 valence electrons. The van der Waals surface area contributed by atoms with Crippen molar-refractivity contribution in [3.8, 4) is 0 Å². The zero-order chi connectivity index (χ0) is 13.3. The van der Waals surface area contributed by atoms with Gasteiger partial charge in [0, 0.05) is 28.9 Å². The molecule has 1 aliphatic rings. The van der Waals surface area contributed by atoms with Crippen molar-refractivity contribution in [2.24, 2.45) is 5.92 Å². The van der Waals surface area contributed by atoms with Crippen LogP contribution in [0.15, 0.2) is 22.7 Å². The lowest BCUT2D eigenvalue weighted by Gasteiger charge is -2.47. The number of benzene rings is 1. The van der Waals surface area contributed by atoms with Crippen LogP contribution < -0.4 is 4.90 Å². The summed E-state index contributed by atoms with van der Waals surface area (Å²) in [5.74, 6) is 0.452. The quantitative estimate of drug-likeness (QED) is 0.899. The molecule has 1 N–H and O–H groups in total. The Labute approximate surface area is 118 Å². The van der Waals surface area contributed by atoms with E-state index in [2.05, 4.69) is 59.8 Å². The average Bonchev–Trinajstić information content (AvgIpc) is 2.31. The average molecular weight is 312 g/mol. The van der Waals surface area contributed by atoms with Crippen LogP contribution in [0, 0.1) is 12.8 Å². The van der Waals surface area contributed by atoms with Crippen molar-refractivity contribution < 1.29 is 5.11 Å². The van der Waals surface area contributed by atoms with Crippen molar-refractivity contribution in [1.82, 2.24) is 0 Å². The van der Waals surface area contributed by atoms with Crippen molar-refractivity contribution in [2.75, 3.05) is 18.1 Å². The Morgan fingerprint density at radius 3 is 2.72 bits per heavy atom. The number of hydrogen-bond acceptors (Lipinski definition) is 2. The molecule has 0 aliphatic carbocycles. The van der Waals surface area contributed by atoms with Gasteiger partial charge < -0.3 is 10.0 Å². The van der Waals surface area contributed by atoms with Crippen molar-refractivity contribution in [2.45, 2.75) is 39.2 Å². The highest BCUT2D eigenvalue weighted by Crippen LogP contribution is 2.36. The van der Waals surface area contributed by atoms with E-state index in [9.17, 15) is 5.11 Å². The summed E-state index contributed by atoms with van der Waals surface area (Å²) in [6.07, 6.45) is 2.13. The van der Waals surface area contributed by atoms with Gasteiger partial charge in [-0.2, -0.15) is 0 Å².